The third-order valence-electron chi connectivity index (χ3n) is 4.67. The topological polar surface area (TPSA) is 89.4 Å². The van der Waals surface area contributed by atoms with E-state index < -0.39 is 0 Å². The number of nitrogens with one attached hydrogen (secondary N) is 2. The number of hydrogen-bond donors (Lipinski definition) is 2. The Labute approximate surface area is 149 Å². The van der Waals surface area contributed by atoms with Crippen molar-refractivity contribution in [1.82, 2.24) is 24.6 Å². The van der Waals surface area contributed by atoms with Crippen molar-refractivity contribution >= 4 is 22.5 Å². The van der Waals surface area contributed by atoms with E-state index in [0.29, 0.717) is 18.4 Å². The van der Waals surface area contributed by atoms with E-state index in [1.54, 1.807) is 13.3 Å². The van der Waals surface area contributed by atoms with E-state index in [4.69, 9.17) is 9.47 Å². The molecule has 8 heteroatoms. The summed E-state index contributed by atoms with van der Waals surface area (Å²) in [5, 5.41) is 8.42. The van der Waals surface area contributed by atoms with Crippen LogP contribution in [-0.4, -0.2) is 50.9 Å². The van der Waals surface area contributed by atoms with Gasteiger partial charge in [-0.2, -0.15) is 15.1 Å². The molecule has 1 aliphatic heterocycles. The lowest BCUT2D eigenvalue weighted by Gasteiger charge is -2.12. The summed E-state index contributed by atoms with van der Waals surface area (Å²) in [6.45, 7) is 1.44. The van der Waals surface area contributed by atoms with Crippen molar-refractivity contribution in [3.05, 3.63) is 36.8 Å². The highest BCUT2D eigenvalue weighted by Crippen LogP contribution is 2.34. The summed E-state index contributed by atoms with van der Waals surface area (Å²) in [7, 11) is 1.63. The molecule has 1 saturated heterocycles. The van der Waals surface area contributed by atoms with Crippen molar-refractivity contribution < 1.29 is 9.47 Å². The highest BCUT2D eigenvalue weighted by molar-refractivity contribution is 5.98. The third-order valence-corrected chi connectivity index (χ3v) is 4.67. The fourth-order valence-electron chi connectivity index (χ4n) is 3.36. The van der Waals surface area contributed by atoms with Gasteiger partial charge in [0.2, 0.25) is 11.8 Å². The first-order chi connectivity index (χ1) is 12.8. The Bertz CT molecular complexity index is 1080. The molecule has 0 aromatic carbocycles. The summed E-state index contributed by atoms with van der Waals surface area (Å²) in [6.07, 6.45) is 6.60. The predicted octanol–water partition coefficient (Wildman–Crippen LogP) is 2.48. The summed E-state index contributed by atoms with van der Waals surface area (Å²) in [4.78, 5) is 12.4. The van der Waals surface area contributed by atoms with Crippen LogP contribution in [0.15, 0.2) is 36.8 Å². The van der Waals surface area contributed by atoms with E-state index in [2.05, 4.69) is 31.4 Å². The van der Waals surface area contributed by atoms with E-state index >= 15 is 0 Å². The molecule has 0 aliphatic carbocycles. The van der Waals surface area contributed by atoms with Gasteiger partial charge in [0.25, 0.3) is 0 Å². The van der Waals surface area contributed by atoms with Crippen LogP contribution < -0.4 is 10.1 Å². The number of hydrogen-bond acceptors (Lipinski definition) is 6. The Hall–Kier alpha value is -3.13. The number of fused-ring (bicyclic) bond motifs is 2. The number of pyridine rings is 1. The number of H-pyrrole nitrogens is 1. The molecule has 0 radical (unpaired) electrons. The Morgan fingerprint density at radius 2 is 2.31 bits per heavy atom. The Kier molecular flexibility index (Phi) is 3.49. The molecule has 1 aliphatic rings. The first-order valence-electron chi connectivity index (χ1n) is 8.53. The molecule has 26 heavy (non-hydrogen) atoms. The molecule has 5 heterocycles. The maximum Gasteiger partial charge on any atom is 0.228 e. The quantitative estimate of drug-likeness (QED) is 0.588. The summed E-state index contributed by atoms with van der Waals surface area (Å²) >= 11 is 0. The maximum absolute atomic E-state index is 5.57. The molecule has 0 amide bonds. The molecule has 0 bridgehead atoms. The van der Waals surface area contributed by atoms with Gasteiger partial charge in [0.15, 0.2) is 0 Å². The standard InChI is InChI=1S/C18H18N6O2/c1-25-17-15-14(11-3-6-24-13(8-11)2-5-20-24)9-19-16(15)22-18(23-17)21-12-4-7-26-10-12/h2-3,5-6,8-9,12H,4,7,10H2,1H3,(H2,19,21,22,23)/t12-/m1/s1. The Morgan fingerprint density at radius 1 is 1.35 bits per heavy atom. The highest BCUT2D eigenvalue weighted by Gasteiger charge is 2.20. The lowest BCUT2D eigenvalue weighted by Crippen LogP contribution is -2.20. The zero-order chi connectivity index (χ0) is 17.5. The lowest BCUT2D eigenvalue weighted by molar-refractivity contribution is 0.195. The number of ether oxygens (including phenoxy) is 2. The van der Waals surface area contributed by atoms with Gasteiger partial charge >= 0.3 is 0 Å². The Balaban J connectivity index is 1.60. The van der Waals surface area contributed by atoms with Crippen LogP contribution in [0.2, 0.25) is 0 Å². The zero-order valence-corrected chi connectivity index (χ0v) is 14.3. The van der Waals surface area contributed by atoms with Crippen molar-refractivity contribution in [3.63, 3.8) is 0 Å². The SMILES string of the molecule is COc1nc(N[C@@H]2CCOC2)nc2[nH]cc(-c3ccn4nccc4c3)c12. The monoisotopic (exact) mass is 350 g/mol. The van der Waals surface area contributed by atoms with Crippen LogP contribution in [0.25, 0.3) is 27.7 Å². The van der Waals surface area contributed by atoms with Gasteiger partial charge in [-0.25, -0.2) is 4.52 Å². The van der Waals surface area contributed by atoms with Crippen LogP contribution >= 0.6 is 0 Å². The molecule has 4 aromatic heterocycles. The Morgan fingerprint density at radius 3 is 3.15 bits per heavy atom. The number of nitrogens with zero attached hydrogens (tertiary/aromatic N) is 4. The van der Waals surface area contributed by atoms with E-state index in [1.807, 2.05) is 29.0 Å². The molecule has 0 spiro atoms. The van der Waals surface area contributed by atoms with Crippen molar-refractivity contribution in [1.29, 1.82) is 0 Å². The van der Waals surface area contributed by atoms with E-state index in [9.17, 15) is 0 Å². The van der Waals surface area contributed by atoms with Gasteiger partial charge in [-0.1, -0.05) is 0 Å². The van der Waals surface area contributed by atoms with Crippen LogP contribution in [0.1, 0.15) is 6.42 Å². The van der Waals surface area contributed by atoms with Crippen molar-refractivity contribution in [2.45, 2.75) is 12.5 Å². The summed E-state index contributed by atoms with van der Waals surface area (Å²) in [5.74, 6) is 1.09. The molecule has 4 aromatic rings. The van der Waals surface area contributed by atoms with E-state index in [0.717, 1.165) is 40.7 Å². The largest absolute Gasteiger partial charge is 0.480 e. The van der Waals surface area contributed by atoms with Crippen LogP contribution in [0.4, 0.5) is 5.95 Å². The average Bonchev–Trinajstić information content (AvgIpc) is 3.40. The first-order valence-corrected chi connectivity index (χ1v) is 8.53. The maximum atomic E-state index is 5.57. The second-order valence-electron chi connectivity index (χ2n) is 6.30. The van der Waals surface area contributed by atoms with Crippen molar-refractivity contribution in [3.8, 4) is 17.0 Å². The molecule has 1 atom stereocenters. The predicted molar refractivity (Wildman–Crippen MR) is 97.5 cm³/mol. The summed E-state index contributed by atoms with van der Waals surface area (Å²) < 4.78 is 12.8. The van der Waals surface area contributed by atoms with Gasteiger partial charge in [0, 0.05) is 30.8 Å². The fraction of sp³-hybridized carbons (Fsp3) is 0.278. The number of methoxy groups -OCH3 is 1. The molecule has 0 unspecified atom stereocenters. The number of anilines is 1. The smallest absolute Gasteiger partial charge is 0.228 e. The normalized spacial score (nSPS) is 17.2. The summed E-state index contributed by atoms with van der Waals surface area (Å²) in [5.41, 5.74) is 3.81. The average molecular weight is 350 g/mol. The first kappa shape index (κ1) is 15.2. The number of aromatic nitrogens is 5. The molecule has 1 fully saturated rings. The number of aromatic amines is 1. The lowest BCUT2D eigenvalue weighted by atomic mass is 10.1. The zero-order valence-electron chi connectivity index (χ0n) is 14.3. The van der Waals surface area contributed by atoms with Crippen LogP contribution in [0, 0.1) is 0 Å². The molecule has 0 saturated carbocycles. The van der Waals surface area contributed by atoms with Gasteiger partial charge in [0.05, 0.1) is 30.7 Å². The third kappa shape index (κ3) is 2.46. The molecular weight excluding hydrogens is 332 g/mol. The molecule has 8 nitrogen and oxygen atoms in total. The molecule has 132 valence electrons. The van der Waals surface area contributed by atoms with Gasteiger partial charge in [-0.3, -0.25) is 0 Å². The van der Waals surface area contributed by atoms with Crippen molar-refractivity contribution in [2.75, 3.05) is 25.6 Å². The van der Waals surface area contributed by atoms with E-state index in [-0.39, 0.29) is 6.04 Å². The van der Waals surface area contributed by atoms with Gasteiger partial charge < -0.3 is 19.8 Å². The van der Waals surface area contributed by atoms with Gasteiger partial charge in [-0.15, -0.1) is 0 Å². The van der Waals surface area contributed by atoms with Crippen LogP contribution in [-0.2, 0) is 4.74 Å². The molecule has 2 N–H and O–H groups in total. The minimum absolute atomic E-state index is 0.232. The van der Waals surface area contributed by atoms with E-state index in [1.165, 1.54) is 0 Å². The van der Waals surface area contributed by atoms with Gasteiger partial charge in [-0.05, 0) is 30.2 Å². The van der Waals surface area contributed by atoms with Crippen molar-refractivity contribution in [2.24, 2.45) is 0 Å². The molecular formula is C18H18N6O2. The minimum atomic E-state index is 0.232. The second-order valence-corrected chi connectivity index (χ2v) is 6.30. The second kappa shape index (κ2) is 5.99. The molecule has 5 rings (SSSR count). The number of rotatable bonds is 4. The van der Waals surface area contributed by atoms with Crippen LogP contribution in [0.5, 0.6) is 5.88 Å². The highest BCUT2D eigenvalue weighted by atomic mass is 16.5. The fourth-order valence-corrected chi connectivity index (χ4v) is 3.36. The van der Waals surface area contributed by atoms with Crippen LogP contribution in [0.3, 0.4) is 0 Å². The van der Waals surface area contributed by atoms with Gasteiger partial charge in [0.1, 0.15) is 5.65 Å². The summed E-state index contributed by atoms with van der Waals surface area (Å²) in [6, 6.07) is 6.30. The minimum Gasteiger partial charge on any atom is -0.480 e.